The summed E-state index contributed by atoms with van der Waals surface area (Å²) in [7, 11) is 0. The fourth-order valence-corrected chi connectivity index (χ4v) is 4.20. The van der Waals surface area contributed by atoms with Crippen LogP contribution in [0, 0.1) is 5.82 Å². The van der Waals surface area contributed by atoms with Gasteiger partial charge in [-0.05, 0) is 53.6 Å². The zero-order valence-electron chi connectivity index (χ0n) is 18.8. The van der Waals surface area contributed by atoms with E-state index in [0.717, 1.165) is 18.4 Å². The van der Waals surface area contributed by atoms with Gasteiger partial charge in [-0.1, -0.05) is 45.0 Å². The van der Waals surface area contributed by atoms with Gasteiger partial charge in [0.2, 0.25) is 0 Å². The first-order chi connectivity index (χ1) is 15.2. The lowest BCUT2D eigenvalue weighted by molar-refractivity contribution is 0.0710. The molecule has 1 N–H and O–H groups in total. The Bertz CT molecular complexity index is 1130. The van der Waals surface area contributed by atoms with Gasteiger partial charge in [0, 0.05) is 24.6 Å². The highest BCUT2D eigenvalue weighted by Crippen LogP contribution is 2.28. The standard InChI is InChI=1S/C25H29FN4O2/c1-25(2,3)20-8-6-19(7-9-20)23(31)29-14-12-18(13-15-29)22-27-28-24(32)30(22)16-17-4-10-21(26)11-5-17/h4-11,18H,12-16H2,1-3H3,(H,28,32). The number of piperidine rings is 1. The molecule has 1 aliphatic rings. The maximum atomic E-state index is 13.2. The number of aromatic nitrogens is 3. The summed E-state index contributed by atoms with van der Waals surface area (Å²) in [5, 5.41) is 6.81. The van der Waals surface area contributed by atoms with Crippen molar-refractivity contribution in [3.05, 3.63) is 87.3 Å². The first-order valence-corrected chi connectivity index (χ1v) is 11.0. The second-order valence-electron chi connectivity index (χ2n) is 9.49. The lowest BCUT2D eigenvalue weighted by Gasteiger charge is -2.32. The van der Waals surface area contributed by atoms with E-state index in [-0.39, 0.29) is 28.7 Å². The van der Waals surface area contributed by atoms with E-state index in [4.69, 9.17) is 0 Å². The van der Waals surface area contributed by atoms with Gasteiger partial charge in [0.25, 0.3) is 5.91 Å². The number of carbonyl (C=O) groups is 1. The van der Waals surface area contributed by atoms with E-state index in [2.05, 4.69) is 31.0 Å². The Hall–Kier alpha value is -3.22. The van der Waals surface area contributed by atoms with Crippen molar-refractivity contribution < 1.29 is 9.18 Å². The van der Waals surface area contributed by atoms with Crippen LogP contribution in [-0.4, -0.2) is 38.7 Å². The van der Waals surface area contributed by atoms with Crippen LogP contribution in [0.25, 0.3) is 0 Å². The molecule has 0 spiro atoms. The lowest BCUT2D eigenvalue weighted by Crippen LogP contribution is -2.38. The summed E-state index contributed by atoms with van der Waals surface area (Å²) < 4.78 is 14.8. The molecule has 168 valence electrons. The number of nitrogens with zero attached hydrogens (tertiary/aromatic N) is 3. The Morgan fingerprint density at radius 3 is 2.28 bits per heavy atom. The average molecular weight is 437 g/mol. The van der Waals surface area contributed by atoms with Gasteiger partial charge in [-0.3, -0.25) is 9.36 Å². The molecular formula is C25H29FN4O2. The van der Waals surface area contributed by atoms with Crippen LogP contribution in [0.1, 0.15) is 66.8 Å². The average Bonchev–Trinajstić information content (AvgIpc) is 3.14. The number of H-pyrrole nitrogens is 1. The van der Waals surface area contributed by atoms with Gasteiger partial charge in [0.1, 0.15) is 11.6 Å². The number of aromatic amines is 1. The summed E-state index contributed by atoms with van der Waals surface area (Å²) >= 11 is 0. The highest BCUT2D eigenvalue weighted by Gasteiger charge is 2.28. The first-order valence-electron chi connectivity index (χ1n) is 11.0. The summed E-state index contributed by atoms with van der Waals surface area (Å²) in [6.45, 7) is 8.02. The number of likely N-dealkylation sites (tertiary alicyclic amines) is 1. The van der Waals surface area contributed by atoms with Crippen molar-refractivity contribution in [1.82, 2.24) is 19.7 Å². The smallest absolute Gasteiger partial charge is 0.339 e. The summed E-state index contributed by atoms with van der Waals surface area (Å²) in [5.74, 6) is 0.510. The third kappa shape index (κ3) is 4.66. The maximum Gasteiger partial charge on any atom is 0.343 e. The van der Waals surface area contributed by atoms with Crippen LogP contribution in [-0.2, 0) is 12.0 Å². The normalized spacial score (nSPS) is 15.2. The van der Waals surface area contributed by atoms with Crippen LogP contribution in [0.5, 0.6) is 0 Å². The summed E-state index contributed by atoms with van der Waals surface area (Å²) in [4.78, 5) is 27.2. The molecule has 1 fully saturated rings. The Morgan fingerprint density at radius 2 is 1.69 bits per heavy atom. The molecule has 4 rings (SSSR count). The summed E-state index contributed by atoms with van der Waals surface area (Å²) in [6.07, 6.45) is 1.47. The molecular weight excluding hydrogens is 407 g/mol. The van der Waals surface area contributed by atoms with Gasteiger partial charge in [-0.2, -0.15) is 5.10 Å². The van der Waals surface area contributed by atoms with Crippen LogP contribution >= 0.6 is 0 Å². The molecule has 0 aliphatic carbocycles. The third-order valence-corrected chi connectivity index (χ3v) is 6.19. The third-order valence-electron chi connectivity index (χ3n) is 6.19. The number of hydrogen-bond acceptors (Lipinski definition) is 3. The van der Waals surface area contributed by atoms with Gasteiger partial charge < -0.3 is 4.90 Å². The molecule has 1 amide bonds. The first kappa shape index (κ1) is 22.0. The molecule has 3 aromatic rings. The predicted molar refractivity (Wildman–Crippen MR) is 121 cm³/mol. The van der Waals surface area contributed by atoms with Crippen LogP contribution < -0.4 is 5.69 Å². The molecule has 1 saturated heterocycles. The summed E-state index contributed by atoms with van der Waals surface area (Å²) in [5.41, 5.74) is 2.51. The van der Waals surface area contributed by atoms with Gasteiger partial charge >= 0.3 is 5.69 Å². The minimum absolute atomic E-state index is 0.0367. The largest absolute Gasteiger partial charge is 0.343 e. The van der Waals surface area contributed by atoms with Crippen LogP contribution in [0.4, 0.5) is 4.39 Å². The zero-order chi connectivity index (χ0) is 22.9. The quantitative estimate of drug-likeness (QED) is 0.670. The van der Waals surface area contributed by atoms with Crippen LogP contribution in [0.15, 0.2) is 53.3 Å². The van der Waals surface area contributed by atoms with Crippen molar-refractivity contribution in [2.24, 2.45) is 0 Å². The number of carbonyl (C=O) groups excluding carboxylic acids is 1. The van der Waals surface area contributed by atoms with Crippen molar-refractivity contribution in [1.29, 1.82) is 0 Å². The van der Waals surface area contributed by atoms with Gasteiger partial charge in [0.05, 0.1) is 6.54 Å². The van der Waals surface area contributed by atoms with Crippen molar-refractivity contribution in [2.75, 3.05) is 13.1 Å². The minimum Gasteiger partial charge on any atom is -0.339 e. The molecule has 7 heteroatoms. The predicted octanol–water partition coefficient (Wildman–Crippen LogP) is 4.08. The monoisotopic (exact) mass is 436 g/mol. The second-order valence-corrected chi connectivity index (χ2v) is 9.49. The number of halogens is 1. The fraction of sp³-hybridized carbons (Fsp3) is 0.400. The number of benzene rings is 2. The Morgan fingerprint density at radius 1 is 1.06 bits per heavy atom. The number of hydrogen-bond donors (Lipinski definition) is 1. The SMILES string of the molecule is CC(C)(C)c1ccc(C(=O)N2CCC(c3n[nH]c(=O)n3Cc3ccc(F)cc3)CC2)cc1. The van der Waals surface area contributed by atoms with E-state index in [0.29, 0.717) is 31.0 Å². The Kier molecular flexibility index (Phi) is 6.00. The van der Waals surface area contributed by atoms with Gasteiger partial charge in [-0.15, -0.1) is 0 Å². The van der Waals surface area contributed by atoms with Gasteiger partial charge in [-0.25, -0.2) is 14.3 Å². The van der Waals surface area contributed by atoms with Crippen molar-refractivity contribution in [3.63, 3.8) is 0 Å². The Labute approximate surface area is 187 Å². The molecule has 0 atom stereocenters. The molecule has 2 heterocycles. The molecule has 1 aromatic heterocycles. The molecule has 6 nitrogen and oxygen atoms in total. The topological polar surface area (TPSA) is 71.0 Å². The van der Waals surface area contributed by atoms with Crippen LogP contribution in [0.3, 0.4) is 0 Å². The highest BCUT2D eigenvalue weighted by atomic mass is 19.1. The minimum atomic E-state index is -0.307. The van der Waals surface area contributed by atoms with E-state index in [1.807, 2.05) is 29.2 Å². The molecule has 0 radical (unpaired) electrons. The van der Waals surface area contributed by atoms with Crippen molar-refractivity contribution in [3.8, 4) is 0 Å². The molecule has 2 aromatic carbocycles. The number of amides is 1. The molecule has 1 aliphatic heterocycles. The fourth-order valence-electron chi connectivity index (χ4n) is 4.20. The van der Waals surface area contributed by atoms with E-state index < -0.39 is 0 Å². The Balaban J connectivity index is 1.42. The number of rotatable bonds is 4. The van der Waals surface area contributed by atoms with Crippen molar-refractivity contribution in [2.45, 2.75) is 51.5 Å². The van der Waals surface area contributed by atoms with Crippen molar-refractivity contribution >= 4 is 5.91 Å². The highest BCUT2D eigenvalue weighted by molar-refractivity contribution is 5.94. The second kappa shape index (κ2) is 8.73. The molecule has 0 saturated carbocycles. The van der Waals surface area contributed by atoms with Gasteiger partial charge in [0.15, 0.2) is 0 Å². The molecule has 0 bridgehead atoms. The zero-order valence-corrected chi connectivity index (χ0v) is 18.8. The van der Waals surface area contributed by atoms with Crippen LogP contribution in [0.2, 0.25) is 0 Å². The number of nitrogens with one attached hydrogen (secondary N) is 1. The van der Waals surface area contributed by atoms with E-state index in [1.165, 1.54) is 17.7 Å². The van der Waals surface area contributed by atoms with E-state index >= 15 is 0 Å². The van der Waals surface area contributed by atoms with E-state index in [1.54, 1.807) is 16.7 Å². The lowest BCUT2D eigenvalue weighted by atomic mass is 9.86. The molecule has 0 unspecified atom stereocenters. The summed E-state index contributed by atoms with van der Waals surface area (Å²) in [6, 6.07) is 14.0. The van der Waals surface area contributed by atoms with E-state index in [9.17, 15) is 14.0 Å². The maximum absolute atomic E-state index is 13.2. The molecule has 32 heavy (non-hydrogen) atoms.